The second-order valence-electron chi connectivity index (χ2n) is 4.89. The Morgan fingerprint density at radius 2 is 1.77 bits per heavy atom. The van der Waals surface area contributed by atoms with E-state index in [-0.39, 0.29) is 11.1 Å². The van der Waals surface area contributed by atoms with Crippen LogP contribution >= 0.6 is 0 Å². The molecule has 0 heterocycles. The molecule has 3 heteroatoms. The van der Waals surface area contributed by atoms with E-state index in [0.717, 1.165) is 13.0 Å². The Hall–Kier alpha value is -0.120. The van der Waals surface area contributed by atoms with Crippen LogP contribution in [-0.4, -0.2) is 31.3 Å². The largest absolute Gasteiger partial charge is 0.374 e. The fourth-order valence-corrected chi connectivity index (χ4v) is 0.880. The molecule has 0 aliphatic rings. The minimum atomic E-state index is -0.239. The Morgan fingerprint density at radius 1 is 1.23 bits per heavy atom. The van der Waals surface area contributed by atoms with Crippen LogP contribution in [0.4, 0.5) is 0 Å². The van der Waals surface area contributed by atoms with Crippen molar-refractivity contribution in [1.29, 1.82) is 0 Å². The molecule has 0 rings (SSSR count). The Balaban J connectivity index is 3.75. The van der Waals surface area contributed by atoms with E-state index >= 15 is 0 Å². The maximum atomic E-state index is 5.83. The first-order valence-electron chi connectivity index (χ1n) is 4.84. The van der Waals surface area contributed by atoms with Crippen molar-refractivity contribution >= 4 is 0 Å². The van der Waals surface area contributed by atoms with Gasteiger partial charge in [-0.15, -0.1) is 0 Å². The maximum Gasteiger partial charge on any atom is 0.0648 e. The first kappa shape index (κ1) is 12.9. The monoisotopic (exact) mass is 188 g/mol. The lowest BCUT2D eigenvalue weighted by molar-refractivity contribution is -0.0407. The summed E-state index contributed by atoms with van der Waals surface area (Å²) in [7, 11) is 1.95. The predicted molar refractivity (Wildman–Crippen MR) is 56.8 cm³/mol. The topological polar surface area (TPSA) is 47.3 Å². The van der Waals surface area contributed by atoms with E-state index in [1.807, 2.05) is 20.9 Å². The van der Waals surface area contributed by atoms with Crippen LogP contribution in [0.3, 0.4) is 0 Å². The van der Waals surface area contributed by atoms with Crippen LogP contribution in [0.1, 0.15) is 34.1 Å². The van der Waals surface area contributed by atoms with Gasteiger partial charge in [-0.3, -0.25) is 0 Å². The number of nitrogens with one attached hydrogen (secondary N) is 1. The number of rotatable bonds is 6. The molecule has 0 spiro atoms. The lowest BCUT2D eigenvalue weighted by atomic mass is 10.0. The van der Waals surface area contributed by atoms with Crippen molar-refractivity contribution in [3.8, 4) is 0 Å². The molecule has 0 aromatic rings. The van der Waals surface area contributed by atoms with Gasteiger partial charge in [-0.2, -0.15) is 0 Å². The van der Waals surface area contributed by atoms with E-state index in [1.54, 1.807) is 0 Å². The van der Waals surface area contributed by atoms with Crippen molar-refractivity contribution in [2.75, 3.05) is 20.2 Å². The van der Waals surface area contributed by atoms with Gasteiger partial charge in [0, 0.05) is 5.54 Å². The Labute approximate surface area is 82.0 Å². The minimum absolute atomic E-state index is 0.0837. The SMILES string of the molecule is CNCCC(C)(C)OCC(C)(C)N. The highest BCUT2D eigenvalue weighted by molar-refractivity contribution is 4.75. The summed E-state index contributed by atoms with van der Waals surface area (Å²) in [6.45, 7) is 9.70. The molecule has 0 unspecified atom stereocenters. The fraction of sp³-hybridized carbons (Fsp3) is 1.00. The average Bonchev–Trinajstić information content (AvgIpc) is 1.97. The van der Waals surface area contributed by atoms with E-state index in [9.17, 15) is 0 Å². The van der Waals surface area contributed by atoms with Crippen molar-refractivity contribution in [3.63, 3.8) is 0 Å². The molecule has 0 aromatic carbocycles. The van der Waals surface area contributed by atoms with Gasteiger partial charge >= 0.3 is 0 Å². The van der Waals surface area contributed by atoms with E-state index in [4.69, 9.17) is 10.5 Å². The van der Waals surface area contributed by atoms with Gasteiger partial charge in [-0.1, -0.05) is 0 Å². The second kappa shape index (κ2) is 4.94. The van der Waals surface area contributed by atoms with Crippen LogP contribution in [0.2, 0.25) is 0 Å². The molecule has 0 radical (unpaired) electrons. The molecule has 80 valence electrons. The van der Waals surface area contributed by atoms with Crippen LogP contribution in [0, 0.1) is 0 Å². The molecular formula is C10H24N2O. The molecule has 0 fully saturated rings. The number of ether oxygens (including phenoxy) is 1. The van der Waals surface area contributed by atoms with E-state index in [1.165, 1.54) is 0 Å². The maximum absolute atomic E-state index is 5.83. The number of hydrogen-bond acceptors (Lipinski definition) is 3. The van der Waals surface area contributed by atoms with Crippen LogP contribution in [0.5, 0.6) is 0 Å². The summed E-state index contributed by atoms with van der Waals surface area (Å²) in [6, 6.07) is 0. The van der Waals surface area contributed by atoms with Gasteiger partial charge in [0.2, 0.25) is 0 Å². The first-order valence-corrected chi connectivity index (χ1v) is 4.84. The molecule has 0 saturated carbocycles. The quantitative estimate of drug-likeness (QED) is 0.657. The summed E-state index contributed by atoms with van der Waals surface area (Å²) >= 11 is 0. The van der Waals surface area contributed by atoms with Crippen molar-refractivity contribution in [3.05, 3.63) is 0 Å². The Kier molecular flexibility index (Phi) is 4.89. The molecular weight excluding hydrogens is 164 g/mol. The summed E-state index contributed by atoms with van der Waals surface area (Å²) in [5.41, 5.74) is 5.51. The minimum Gasteiger partial charge on any atom is -0.374 e. The van der Waals surface area contributed by atoms with Gasteiger partial charge in [0.25, 0.3) is 0 Å². The molecule has 13 heavy (non-hydrogen) atoms. The second-order valence-corrected chi connectivity index (χ2v) is 4.89. The lowest BCUT2D eigenvalue weighted by Gasteiger charge is -2.29. The van der Waals surface area contributed by atoms with Crippen molar-refractivity contribution in [2.45, 2.75) is 45.3 Å². The molecule has 0 atom stereocenters. The molecule has 0 aliphatic carbocycles. The van der Waals surface area contributed by atoms with E-state index < -0.39 is 0 Å². The normalized spacial score (nSPS) is 13.4. The molecule has 0 amide bonds. The standard InChI is InChI=1S/C10H24N2O/c1-9(2,11)8-13-10(3,4)6-7-12-5/h12H,6-8,11H2,1-5H3. The highest BCUT2D eigenvalue weighted by Gasteiger charge is 2.21. The van der Waals surface area contributed by atoms with Gasteiger partial charge < -0.3 is 15.8 Å². The van der Waals surface area contributed by atoms with Crippen molar-refractivity contribution in [1.82, 2.24) is 5.32 Å². The van der Waals surface area contributed by atoms with Crippen LogP contribution in [0.15, 0.2) is 0 Å². The molecule has 0 aliphatic heterocycles. The molecule has 0 saturated heterocycles. The van der Waals surface area contributed by atoms with Gasteiger partial charge in [0.15, 0.2) is 0 Å². The third-order valence-electron chi connectivity index (χ3n) is 1.81. The molecule has 0 bridgehead atoms. The van der Waals surface area contributed by atoms with Crippen LogP contribution < -0.4 is 11.1 Å². The van der Waals surface area contributed by atoms with Crippen LogP contribution in [-0.2, 0) is 4.74 Å². The smallest absolute Gasteiger partial charge is 0.0648 e. The zero-order chi connectivity index (χ0) is 10.5. The molecule has 3 N–H and O–H groups in total. The average molecular weight is 188 g/mol. The third-order valence-corrected chi connectivity index (χ3v) is 1.81. The van der Waals surface area contributed by atoms with Crippen LogP contribution in [0.25, 0.3) is 0 Å². The lowest BCUT2D eigenvalue weighted by Crippen LogP contribution is -2.42. The summed E-state index contributed by atoms with van der Waals surface area (Å²) in [6.07, 6.45) is 1.000. The molecule has 0 aromatic heterocycles. The van der Waals surface area contributed by atoms with E-state index in [0.29, 0.717) is 6.61 Å². The highest BCUT2D eigenvalue weighted by atomic mass is 16.5. The Morgan fingerprint density at radius 3 is 2.15 bits per heavy atom. The summed E-state index contributed by atoms with van der Waals surface area (Å²) in [4.78, 5) is 0. The van der Waals surface area contributed by atoms with Gasteiger partial charge in [-0.25, -0.2) is 0 Å². The van der Waals surface area contributed by atoms with Crippen molar-refractivity contribution in [2.24, 2.45) is 5.73 Å². The van der Waals surface area contributed by atoms with Gasteiger partial charge in [0.1, 0.15) is 0 Å². The summed E-state index contributed by atoms with van der Waals surface area (Å²) in [5, 5.41) is 3.11. The third kappa shape index (κ3) is 8.22. The highest BCUT2D eigenvalue weighted by Crippen LogP contribution is 2.15. The fourth-order valence-electron chi connectivity index (χ4n) is 0.880. The molecule has 3 nitrogen and oxygen atoms in total. The predicted octanol–water partition coefficient (Wildman–Crippen LogP) is 1.13. The summed E-state index contributed by atoms with van der Waals surface area (Å²) < 4.78 is 5.73. The number of nitrogens with two attached hydrogens (primary N) is 1. The van der Waals surface area contributed by atoms with Gasteiger partial charge in [0.05, 0.1) is 12.2 Å². The summed E-state index contributed by atoms with van der Waals surface area (Å²) in [5.74, 6) is 0. The zero-order valence-corrected chi connectivity index (χ0v) is 9.61. The zero-order valence-electron chi connectivity index (χ0n) is 9.61. The Bertz CT molecular complexity index is 138. The van der Waals surface area contributed by atoms with E-state index in [2.05, 4.69) is 19.2 Å². The van der Waals surface area contributed by atoms with Gasteiger partial charge in [-0.05, 0) is 47.7 Å². The number of hydrogen-bond donors (Lipinski definition) is 2. The first-order chi connectivity index (χ1) is 5.77. The van der Waals surface area contributed by atoms with Crippen molar-refractivity contribution < 1.29 is 4.74 Å².